The van der Waals surface area contributed by atoms with E-state index in [0.29, 0.717) is 46.2 Å². The largest absolute Gasteiger partial charge is 0.497 e. The highest BCUT2D eigenvalue weighted by atomic mass is 16.5. The summed E-state index contributed by atoms with van der Waals surface area (Å²) in [5.74, 6) is 1.62. The standard InChI is InChI=1S/C24H28N2O6/c1-6-9-26(24(28)16-11-20(30-3)22(32-5)21(12-16)31-4)14-17-10-15-7-8-18(29-2)13-19(15)25-23(17)27/h7-8,10-13H,6,9,14H2,1-5H3,(H,25,27). The van der Waals surface area contributed by atoms with Crippen LogP contribution >= 0.6 is 0 Å². The number of pyridine rings is 1. The van der Waals surface area contributed by atoms with Crippen molar-refractivity contribution < 1.29 is 23.7 Å². The smallest absolute Gasteiger partial charge is 0.254 e. The van der Waals surface area contributed by atoms with E-state index in [1.54, 1.807) is 36.3 Å². The highest BCUT2D eigenvalue weighted by Crippen LogP contribution is 2.38. The van der Waals surface area contributed by atoms with Crippen molar-refractivity contribution in [3.8, 4) is 23.0 Å². The lowest BCUT2D eigenvalue weighted by Gasteiger charge is -2.23. The number of amides is 1. The predicted molar refractivity (Wildman–Crippen MR) is 122 cm³/mol. The summed E-state index contributed by atoms with van der Waals surface area (Å²) < 4.78 is 21.3. The molecule has 0 spiro atoms. The molecular formula is C24H28N2O6. The summed E-state index contributed by atoms with van der Waals surface area (Å²) in [5.41, 5.74) is 1.31. The van der Waals surface area contributed by atoms with E-state index in [1.165, 1.54) is 21.3 Å². The molecule has 0 aliphatic rings. The second-order valence-corrected chi connectivity index (χ2v) is 7.22. The van der Waals surface area contributed by atoms with Gasteiger partial charge in [0.2, 0.25) is 5.75 Å². The van der Waals surface area contributed by atoms with Gasteiger partial charge in [0.15, 0.2) is 11.5 Å². The predicted octanol–water partition coefficient (Wildman–Crippen LogP) is 3.61. The third kappa shape index (κ3) is 4.64. The minimum Gasteiger partial charge on any atom is -0.497 e. The van der Waals surface area contributed by atoms with Crippen molar-refractivity contribution in [2.24, 2.45) is 0 Å². The maximum absolute atomic E-state index is 13.4. The summed E-state index contributed by atoms with van der Waals surface area (Å²) in [4.78, 5) is 30.6. The van der Waals surface area contributed by atoms with E-state index in [0.717, 1.165) is 11.8 Å². The van der Waals surface area contributed by atoms with Crippen molar-refractivity contribution in [3.05, 3.63) is 57.9 Å². The molecule has 0 radical (unpaired) electrons. The lowest BCUT2D eigenvalue weighted by Crippen LogP contribution is -2.33. The number of benzene rings is 2. The van der Waals surface area contributed by atoms with Gasteiger partial charge in [-0.05, 0) is 42.1 Å². The molecule has 0 atom stereocenters. The van der Waals surface area contributed by atoms with E-state index >= 15 is 0 Å². The van der Waals surface area contributed by atoms with Gasteiger partial charge in [0.05, 0.1) is 40.5 Å². The summed E-state index contributed by atoms with van der Waals surface area (Å²) in [6.07, 6.45) is 0.735. The van der Waals surface area contributed by atoms with E-state index in [2.05, 4.69) is 4.98 Å². The molecule has 3 rings (SSSR count). The van der Waals surface area contributed by atoms with Gasteiger partial charge in [-0.3, -0.25) is 9.59 Å². The SMILES string of the molecule is CCCN(Cc1cc2ccc(OC)cc2[nH]c1=O)C(=O)c1cc(OC)c(OC)c(OC)c1. The maximum Gasteiger partial charge on any atom is 0.254 e. The molecule has 1 heterocycles. The minimum absolute atomic E-state index is 0.167. The molecule has 0 fully saturated rings. The van der Waals surface area contributed by atoms with Gasteiger partial charge in [0.1, 0.15) is 5.75 Å². The van der Waals surface area contributed by atoms with Crippen LogP contribution in [0.25, 0.3) is 10.9 Å². The molecule has 0 saturated carbocycles. The normalized spacial score (nSPS) is 10.7. The first-order valence-electron chi connectivity index (χ1n) is 10.2. The van der Waals surface area contributed by atoms with Crippen LogP contribution in [0.4, 0.5) is 0 Å². The van der Waals surface area contributed by atoms with Crippen LogP contribution < -0.4 is 24.5 Å². The first-order chi connectivity index (χ1) is 15.4. The molecular weight excluding hydrogens is 412 g/mol. The number of aromatic amines is 1. The van der Waals surface area contributed by atoms with Gasteiger partial charge >= 0.3 is 0 Å². The number of hydrogen-bond donors (Lipinski definition) is 1. The van der Waals surface area contributed by atoms with Crippen molar-refractivity contribution in [1.82, 2.24) is 9.88 Å². The lowest BCUT2D eigenvalue weighted by molar-refractivity contribution is 0.0741. The van der Waals surface area contributed by atoms with Gasteiger partial charge in [-0.1, -0.05) is 6.92 Å². The van der Waals surface area contributed by atoms with Crippen LogP contribution in [0.2, 0.25) is 0 Å². The average Bonchev–Trinajstić information content (AvgIpc) is 2.82. The van der Waals surface area contributed by atoms with E-state index in [9.17, 15) is 9.59 Å². The number of methoxy groups -OCH3 is 4. The van der Waals surface area contributed by atoms with Crippen LogP contribution in [0.3, 0.4) is 0 Å². The molecule has 8 heteroatoms. The summed E-state index contributed by atoms with van der Waals surface area (Å²) in [6, 6.07) is 10.5. The number of fused-ring (bicyclic) bond motifs is 1. The van der Waals surface area contributed by atoms with Crippen LogP contribution in [0, 0.1) is 0 Å². The topological polar surface area (TPSA) is 90.1 Å². The Balaban J connectivity index is 1.97. The number of rotatable bonds is 9. The van der Waals surface area contributed by atoms with Crippen LogP contribution in [0.15, 0.2) is 41.2 Å². The summed E-state index contributed by atoms with van der Waals surface area (Å²) >= 11 is 0. The minimum atomic E-state index is -0.246. The molecule has 0 unspecified atom stereocenters. The Kier molecular flexibility index (Phi) is 7.25. The number of ether oxygens (including phenoxy) is 4. The highest BCUT2D eigenvalue weighted by molar-refractivity contribution is 5.95. The zero-order valence-corrected chi connectivity index (χ0v) is 19.0. The molecule has 0 bridgehead atoms. The van der Waals surface area contributed by atoms with Gasteiger partial charge in [-0.25, -0.2) is 0 Å². The first-order valence-corrected chi connectivity index (χ1v) is 10.2. The second-order valence-electron chi connectivity index (χ2n) is 7.22. The first kappa shape index (κ1) is 23.0. The van der Waals surface area contributed by atoms with Crippen molar-refractivity contribution in [2.75, 3.05) is 35.0 Å². The van der Waals surface area contributed by atoms with E-state index in [4.69, 9.17) is 18.9 Å². The molecule has 8 nitrogen and oxygen atoms in total. The van der Waals surface area contributed by atoms with Crippen LogP contribution in [0.5, 0.6) is 23.0 Å². The number of carbonyl (C=O) groups excluding carboxylic acids is 1. The fraction of sp³-hybridized carbons (Fsp3) is 0.333. The highest BCUT2D eigenvalue weighted by Gasteiger charge is 2.22. The molecule has 1 N–H and O–H groups in total. The van der Waals surface area contributed by atoms with Crippen molar-refractivity contribution in [2.45, 2.75) is 19.9 Å². The third-order valence-corrected chi connectivity index (χ3v) is 5.18. The third-order valence-electron chi connectivity index (χ3n) is 5.18. The monoisotopic (exact) mass is 440 g/mol. The number of hydrogen-bond acceptors (Lipinski definition) is 6. The Labute approximate surface area is 186 Å². The van der Waals surface area contributed by atoms with Crippen molar-refractivity contribution in [3.63, 3.8) is 0 Å². The quantitative estimate of drug-likeness (QED) is 0.547. The molecule has 3 aromatic rings. The number of nitrogens with zero attached hydrogens (tertiary/aromatic N) is 1. The Bertz CT molecular complexity index is 1150. The Morgan fingerprint density at radius 2 is 1.62 bits per heavy atom. The number of carbonyl (C=O) groups is 1. The van der Waals surface area contributed by atoms with Gasteiger partial charge in [0.25, 0.3) is 11.5 Å². The molecule has 32 heavy (non-hydrogen) atoms. The summed E-state index contributed by atoms with van der Waals surface area (Å²) in [6.45, 7) is 2.63. The zero-order chi connectivity index (χ0) is 23.3. The number of aromatic nitrogens is 1. The Hall–Kier alpha value is -3.68. The van der Waals surface area contributed by atoms with Crippen molar-refractivity contribution in [1.29, 1.82) is 0 Å². The molecule has 170 valence electrons. The van der Waals surface area contributed by atoms with Gasteiger partial charge in [-0.15, -0.1) is 0 Å². The van der Waals surface area contributed by atoms with Crippen molar-refractivity contribution >= 4 is 16.8 Å². The van der Waals surface area contributed by atoms with E-state index < -0.39 is 0 Å². The molecule has 0 saturated heterocycles. The molecule has 1 aromatic heterocycles. The Morgan fingerprint density at radius 3 is 2.19 bits per heavy atom. The van der Waals surface area contributed by atoms with Gasteiger partial charge in [-0.2, -0.15) is 0 Å². The van der Waals surface area contributed by atoms with Crippen LogP contribution in [0.1, 0.15) is 29.3 Å². The molecule has 0 aliphatic carbocycles. The average molecular weight is 440 g/mol. The Morgan fingerprint density at radius 1 is 0.938 bits per heavy atom. The fourth-order valence-corrected chi connectivity index (χ4v) is 3.58. The maximum atomic E-state index is 13.4. The molecule has 1 amide bonds. The molecule has 2 aromatic carbocycles. The lowest BCUT2D eigenvalue weighted by atomic mass is 10.1. The summed E-state index contributed by atoms with van der Waals surface area (Å²) in [7, 11) is 6.08. The fourth-order valence-electron chi connectivity index (χ4n) is 3.58. The molecule has 0 aliphatic heterocycles. The van der Waals surface area contributed by atoms with Gasteiger partial charge < -0.3 is 28.8 Å². The van der Waals surface area contributed by atoms with E-state index in [1.807, 2.05) is 19.1 Å². The van der Waals surface area contributed by atoms with Gasteiger partial charge in [0, 0.05) is 23.7 Å². The number of nitrogens with one attached hydrogen (secondary N) is 1. The second kappa shape index (κ2) is 10.1. The summed E-state index contributed by atoms with van der Waals surface area (Å²) in [5, 5.41) is 0.858. The van der Waals surface area contributed by atoms with Crippen LogP contribution in [-0.4, -0.2) is 50.8 Å². The number of H-pyrrole nitrogens is 1. The zero-order valence-electron chi connectivity index (χ0n) is 19.0. The van der Waals surface area contributed by atoms with Crippen LogP contribution in [-0.2, 0) is 6.54 Å². The van der Waals surface area contributed by atoms with E-state index in [-0.39, 0.29) is 18.0 Å².